The van der Waals surface area contributed by atoms with Gasteiger partial charge >= 0.3 is 5.97 Å². The van der Waals surface area contributed by atoms with Crippen molar-refractivity contribution in [1.29, 1.82) is 0 Å². The Balaban J connectivity index is 2.02. The predicted molar refractivity (Wildman–Crippen MR) is 109 cm³/mol. The molecule has 0 spiro atoms. The number of ketones is 1. The Kier molecular flexibility index (Phi) is 4.61. The number of ether oxygens (including phenoxy) is 1. The standard InChI is InChI=1S/C22H38O4Si/c1-19(2,3)27(8,9)26-22-11-14-10-20(4,5)17(23)15(14)12-21(22,6)13-16(22)18(24)25-7/h14-16H,10-13H2,1-9H3. The first-order chi connectivity index (χ1) is 12.1. The van der Waals surface area contributed by atoms with Gasteiger partial charge in [-0.2, -0.15) is 0 Å². The van der Waals surface area contributed by atoms with Crippen LogP contribution in [0.4, 0.5) is 0 Å². The molecule has 0 aromatic carbocycles. The van der Waals surface area contributed by atoms with Crippen molar-refractivity contribution in [3.63, 3.8) is 0 Å². The Hall–Kier alpha value is -0.683. The van der Waals surface area contributed by atoms with E-state index in [1.54, 1.807) is 0 Å². The third kappa shape index (κ3) is 2.86. The van der Waals surface area contributed by atoms with Gasteiger partial charge in [-0.05, 0) is 55.1 Å². The van der Waals surface area contributed by atoms with Crippen LogP contribution in [0, 0.1) is 28.6 Å². The number of hydrogen-bond donors (Lipinski definition) is 0. The van der Waals surface area contributed by atoms with Gasteiger partial charge in [0, 0.05) is 11.3 Å². The minimum atomic E-state index is -2.09. The average molecular weight is 395 g/mol. The van der Waals surface area contributed by atoms with Crippen molar-refractivity contribution < 1.29 is 18.8 Å². The van der Waals surface area contributed by atoms with E-state index in [0.29, 0.717) is 11.7 Å². The molecule has 4 nitrogen and oxygen atoms in total. The minimum Gasteiger partial charge on any atom is -0.469 e. The molecule has 5 atom stereocenters. The molecule has 0 amide bonds. The number of carbonyl (C=O) groups excluding carboxylic acids is 2. The van der Waals surface area contributed by atoms with Crippen LogP contribution in [0.5, 0.6) is 0 Å². The van der Waals surface area contributed by atoms with Gasteiger partial charge in [-0.1, -0.05) is 41.5 Å². The van der Waals surface area contributed by atoms with Crippen molar-refractivity contribution in [3.8, 4) is 0 Å². The van der Waals surface area contributed by atoms with Gasteiger partial charge in [-0.3, -0.25) is 9.59 Å². The van der Waals surface area contributed by atoms with Gasteiger partial charge in [-0.15, -0.1) is 0 Å². The smallest absolute Gasteiger partial charge is 0.311 e. The van der Waals surface area contributed by atoms with E-state index in [2.05, 4.69) is 54.6 Å². The molecule has 5 unspecified atom stereocenters. The van der Waals surface area contributed by atoms with Crippen molar-refractivity contribution in [2.75, 3.05) is 7.11 Å². The van der Waals surface area contributed by atoms with E-state index in [9.17, 15) is 9.59 Å². The summed E-state index contributed by atoms with van der Waals surface area (Å²) in [6.45, 7) is 17.7. The molecular formula is C22H38O4Si. The van der Waals surface area contributed by atoms with Crippen LogP contribution in [0.3, 0.4) is 0 Å². The fraction of sp³-hybridized carbons (Fsp3) is 0.909. The first-order valence-electron chi connectivity index (χ1n) is 10.4. The van der Waals surface area contributed by atoms with Gasteiger partial charge in [0.1, 0.15) is 5.78 Å². The Bertz CT molecular complexity index is 662. The number of rotatable bonds is 3. The predicted octanol–water partition coefficient (Wildman–Crippen LogP) is 4.97. The molecule has 3 saturated carbocycles. The van der Waals surface area contributed by atoms with Crippen molar-refractivity contribution in [1.82, 2.24) is 0 Å². The fourth-order valence-corrected chi connectivity index (χ4v) is 7.63. The zero-order valence-electron chi connectivity index (χ0n) is 18.7. The van der Waals surface area contributed by atoms with Crippen LogP contribution < -0.4 is 0 Å². The molecular weight excluding hydrogens is 356 g/mol. The average Bonchev–Trinajstić information content (AvgIpc) is 2.72. The molecule has 3 fully saturated rings. The Morgan fingerprint density at radius 1 is 1.07 bits per heavy atom. The normalized spacial score (nSPS) is 40.8. The molecule has 0 N–H and O–H groups in total. The SMILES string of the molecule is COC(=O)C1CC2(C)CC3C(=O)C(C)(C)CC3CC12O[Si](C)(C)C(C)(C)C. The van der Waals surface area contributed by atoms with Crippen molar-refractivity contribution >= 4 is 20.1 Å². The van der Waals surface area contributed by atoms with E-state index in [4.69, 9.17) is 9.16 Å². The highest BCUT2D eigenvalue weighted by atomic mass is 28.4. The molecule has 3 aliphatic carbocycles. The maximum Gasteiger partial charge on any atom is 0.311 e. The number of carbonyl (C=O) groups is 2. The monoisotopic (exact) mass is 394 g/mol. The summed E-state index contributed by atoms with van der Waals surface area (Å²) in [5, 5.41) is 0.0700. The molecule has 0 aromatic heterocycles. The second-order valence-electron chi connectivity index (χ2n) is 11.8. The lowest BCUT2D eigenvalue weighted by Gasteiger charge is -2.68. The molecule has 3 rings (SSSR count). The van der Waals surface area contributed by atoms with E-state index in [1.165, 1.54) is 7.11 Å². The number of Topliss-reactive ketones (excluding diaryl/α,β-unsaturated/α-hetero) is 1. The first-order valence-corrected chi connectivity index (χ1v) is 13.3. The maximum atomic E-state index is 13.0. The van der Waals surface area contributed by atoms with Gasteiger partial charge in [0.25, 0.3) is 0 Å². The Morgan fingerprint density at radius 3 is 2.19 bits per heavy atom. The van der Waals surface area contributed by atoms with Gasteiger partial charge in [0.2, 0.25) is 0 Å². The third-order valence-corrected chi connectivity index (χ3v) is 13.0. The first kappa shape index (κ1) is 21.0. The second-order valence-corrected chi connectivity index (χ2v) is 16.5. The molecule has 0 bridgehead atoms. The Labute approximate surface area is 165 Å². The molecule has 0 radical (unpaired) electrons. The molecule has 0 aromatic rings. The van der Waals surface area contributed by atoms with Crippen LogP contribution in [0.2, 0.25) is 18.1 Å². The summed E-state index contributed by atoms with van der Waals surface area (Å²) < 4.78 is 12.3. The summed E-state index contributed by atoms with van der Waals surface area (Å²) >= 11 is 0. The van der Waals surface area contributed by atoms with Crippen LogP contribution in [0.1, 0.15) is 67.2 Å². The zero-order valence-corrected chi connectivity index (χ0v) is 19.7. The third-order valence-electron chi connectivity index (χ3n) is 8.55. The summed E-state index contributed by atoms with van der Waals surface area (Å²) in [6.07, 6.45) is 3.34. The zero-order chi connectivity index (χ0) is 20.6. The van der Waals surface area contributed by atoms with Gasteiger partial charge in [-0.25, -0.2) is 0 Å². The summed E-state index contributed by atoms with van der Waals surface area (Å²) in [5.41, 5.74) is -0.863. The summed E-state index contributed by atoms with van der Waals surface area (Å²) in [6, 6.07) is 0. The number of esters is 1. The highest BCUT2D eigenvalue weighted by Gasteiger charge is 2.73. The van der Waals surface area contributed by atoms with Gasteiger partial charge < -0.3 is 9.16 Å². The molecule has 154 valence electrons. The quantitative estimate of drug-likeness (QED) is 0.501. The highest BCUT2D eigenvalue weighted by Crippen LogP contribution is 2.70. The Morgan fingerprint density at radius 2 is 1.67 bits per heavy atom. The van der Waals surface area contributed by atoms with E-state index in [0.717, 1.165) is 25.7 Å². The molecule has 5 heteroatoms. The molecule has 0 saturated heterocycles. The largest absolute Gasteiger partial charge is 0.469 e. The van der Waals surface area contributed by atoms with E-state index in [1.807, 2.05) is 0 Å². The lowest BCUT2D eigenvalue weighted by Crippen LogP contribution is -2.73. The molecule has 27 heavy (non-hydrogen) atoms. The minimum absolute atomic E-state index is 0.0700. The maximum absolute atomic E-state index is 13.0. The number of methoxy groups -OCH3 is 1. The van der Waals surface area contributed by atoms with Gasteiger partial charge in [0.05, 0.1) is 18.6 Å². The van der Waals surface area contributed by atoms with Crippen LogP contribution >= 0.6 is 0 Å². The second kappa shape index (κ2) is 5.91. The van der Waals surface area contributed by atoms with Gasteiger partial charge in [0.15, 0.2) is 8.32 Å². The molecule has 0 aliphatic heterocycles. The van der Waals surface area contributed by atoms with E-state index < -0.39 is 13.9 Å². The van der Waals surface area contributed by atoms with Crippen LogP contribution in [-0.2, 0) is 18.8 Å². The number of fused-ring (bicyclic) bond motifs is 2. The summed E-state index contributed by atoms with van der Waals surface area (Å²) in [4.78, 5) is 25.6. The fourth-order valence-electron chi connectivity index (χ4n) is 5.95. The topological polar surface area (TPSA) is 52.6 Å². The molecule has 3 aliphatic rings. The van der Waals surface area contributed by atoms with E-state index in [-0.39, 0.29) is 33.7 Å². The van der Waals surface area contributed by atoms with Crippen molar-refractivity contribution in [2.45, 2.75) is 91.0 Å². The number of hydrogen-bond acceptors (Lipinski definition) is 4. The summed E-state index contributed by atoms with van der Waals surface area (Å²) in [5.74, 6) is 0.503. The van der Waals surface area contributed by atoms with Crippen LogP contribution in [-0.4, -0.2) is 32.8 Å². The summed E-state index contributed by atoms with van der Waals surface area (Å²) in [7, 11) is -0.614. The van der Waals surface area contributed by atoms with Crippen LogP contribution in [0.15, 0.2) is 0 Å². The lowest BCUT2D eigenvalue weighted by atomic mass is 9.43. The van der Waals surface area contributed by atoms with Crippen LogP contribution in [0.25, 0.3) is 0 Å². The van der Waals surface area contributed by atoms with Crippen molar-refractivity contribution in [3.05, 3.63) is 0 Å². The lowest BCUT2D eigenvalue weighted by molar-refractivity contribution is -0.241. The highest BCUT2D eigenvalue weighted by molar-refractivity contribution is 6.74. The van der Waals surface area contributed by atoms with Crippen molar-refractivity contribution in [2.24, 2.45) is 28.6 Å². The van der Waals surface area contributed by atoms with E-state index >= 15 is 0 Å². The molecule has 0 heterocycles.